The summed E-state index contributed by atoms with van der Waals surface area (Å²) in [7, 11) is 0. The highest BCUT2D eigenvalue weighted by molar-refractivity contribution is 5.90. The molecule has 1 fully saturated rings. The van der Waals surface area contributed by atoms with Crippen molar-refractivity contribution in [3.8, 4) is 22.5 Å². The third-order valence-electron chi connectivity index (χ3n) is 5.22. The van der Waals surface area contributed by atoms with Crippen molar-refractivity contribution in [2.45, 2.75) is 18.9 Å². The van der Waals surface area contributed by atoms with Crippen LogP contribution in [0.3, 0.4) is 0 Å². The Balaban J connectivity index is 1.73. The summed E-state index contributed by atoms with van der Waals surface area (Å²) in [6.07, 6.45) is 3.30. The lowest BCUT2D eigenvalue weighted by Gasteiger charge is -2.23. The summed E-state index contributed by atoms with van der Waals surface area (Å²) in [5, 5.41) is 12.2. The largest absolute Gasteiger partial charge is 0.354 e. The van der Waals surface area contributed by atoms with Gasteiger partial charge in [-0.2, -0.15) is 10.2 Å². The third kappa shape index (κ3) is 3.00. The van der Waals surface area contributed by atoms with Gasteiger partial charge in [-0.25, -0.2) is 9.20 Å². The number of nitrogens with one attached hydrogen (secondary N) is 1. The van der Waals surface area contributed by atoms with Crippen LogP contribution in [-0.4, -0.2) is 31.8 Å². The van der Waals surface area contributed by atoms with E-state index in [1.807, 2.05) is 59.2 Å². The molecule has 0 bridgehead atoms. The van der Waals surface area contributed by atoms with Crippen molar-refractivity contribution >= 4 is 11.4 Å². The van der Waals surface area contributed by atoms with Crippen LogP contribution in [0.25, 0.3) is 28.0 Å². The smallest absolute Gasteiger partial charge is 0.267 e. The standard InChI is InChI=1S/C22H19N5O2/c28-19-12-11-16(24-27(19)18-10-6-13-23-22(18)29)20-17-9-4-5-14-26(17)25-21(20)15-7-2-1-3-8-15/h1-5,7-9,11-12,14,18H,6,10,13H2,(H,23,29). The van der Waals surface area contributed by atoms with E-state index in [1.165, 1.54) is 10.7 Å². The van der Waals surface area contributed by atoms with Crippen molar-refractivity contribution in [2.24, 2.45) is 0 Å². The molecule has 0 spiro atoms. The molecule has 1 aromatic carbocycles. The van der Waals surface area contributed by atoms with Crippen LogP contribution in [0.2, 0.25) is 0 Å². The van der Waals surface area contributed by atoms with Crippen LogP contribution < -0.4 is 10.9 Å². The maximum Gasteiger partial charge on any atom is 0.267 e. The number of pyridine rings is 1. The number of hydrogen-bond donors (Lipinski definition) is 1. The molecule has 3 aromatic heterocycles. The van der Waals surface area contributed by atoms with E-state index in [4.69, 9.17) is 5.10 Å². The predicted molar refractivity (Wildman–Crippen MR) is 109 cm³/mol. The van der Waals surface area contributed by atoms with Gasteiger partial charge in [0.15, 0.2) is 0 Å². The van der Waals surface area contributed by atoms with Gasteiger partial charge in [0.1, 0.15) is 11.7 Å². The van der Waals surface area contributed by atoms with Crippen molar-refractivity contribution in [1.82, 2.24) is 24.7 Å². The molecular weight excluding hydrogens is 366 g/mol. The van der Waals surface area contributed by atoms with E-state index in [0.717, 1.165) is 28.8 Å². The van der Waals surface area contributed by atoms with Crippen molar-refractivity contribution in [2.75, 3.05) is 6.54 Å². The molecule has 1 N–H and O–H groups in total. The van der Waals surface area contributed by atoms with Gasteiger partial charge in [0.2, 0.25) is 5.91 Å². The van der Waals surface area contributed by atoms with Crippen molar-refractivity contribution in [1.29, 1.82) is 0 Å². The van der Waals surface area contributed by atoms with Gasteiger partial charge in [-0.15, -0.1) is 0 Å². The fourth-order valence-corrected chi connectivity index (χ4v) is 3.82. The molecule has 0 aliphatic carbocycles. The first-order valence-electron chi connectivity index (χ1n) is 9.63. The number of rotatable bonds is 3. The van der Waals surface area contributed by atoms with Gasteiger partial charge >= 0.3 is 0 Å². The Labute approximate surface area is 166 Å². The monoisotopic (exact) mass is 385 g/mol. The SMILES string of the molecule is O=C1NCCCC1n1nc(-c2c(-c3ccccc3)nn3ccccc23)ccc1=O. The summed E-state index contributed by atoms with van der Waals surface area (Å²) in [5.74, 6) is -0.161. The minimum absolute atomic E-state index is 0.161. The third-order valence-corrected chi connectivity index (χ3v) is 5.22. The zero-order valence-electron chi connectivity index (χ0n) is 15.7. The molecule has 4 heterocycles. The lowest BCUT2D eigenvalue weighted by atomic mass is 10.0. The molecule has 0 radical (unpaired) electrons. The summed E-state index contributed by atoms with van der Waals surface area (Å²) in [6, 6.07) is 18.3. The summed E-state index contributed by atoms with van der Waals surface area (Å²) in [5.41, 5.74) is 3.79. The number of nitrogens with zero attached hydrogens (tertiary/aromatic N) is 4. The molecule has 0 saturated carbocycles. The Hall–Kier alpha value is -3.74. The van der Waals surface area contributed by atoms with Crippen molar-refractivity contribution in [3.63, 3.8) is 0 Å². The lowest BCUT2D eigenvalue weighted by Crippen LogP contribution is -2.42. The second-order valence-corrected chi connectivity index (χ2v) is 7.07. The molecule has 1 amide bonds. The predicted octanol–water partition coefficient (Wildman–Crippen LogP) is 2.68. The molecule has 1 aliphatic heterocycles. The maximum absolute atomic E-state index is 12.5. The Kier molecular flexibility index (Phi) is 4.20. The number of carbonyl (C=O) groups excluding carboxylic acids is 1. The number of amides is 1. The van der Waals surface area contributed by atoms with E-state index in [1.54, 1.807) is 6.07 Å². The van der Waals surface area contributed by atoms with Crippen LogP contribution >= 0.6 is 0 Å². The van der Waals surface area contributed by atoms with Gasteiger partial charge in [-0.1, -0.05) is 36.4 Å². The molecule has 7 heteroatoms. The van der Waals surface area contributed by atoms with E-state index in [2.05, 4.69) is 10.4 Å². The number of benzene rings is 1. The van der Waals surface area contributed by atoms with E-state index in [0.29, 0.717) is 18.7 Å². The first-order valence-corrected chi connectivity index (χ1v) is 9.63. The van der Waals surface area contributed by atoms with E-state index < -0.39 is 6.04 Å². The zero-order chi connectivity index (χ0) is 19.8. The van der Waals surface area contributed by atoms with Crippen LogP contribution in [0.1, 0.15) is 18.9 Å². The van der Waals surface area contributed by atoms with Gasteiger partial charge in [0.25, 0.3) is 5.56 Å². The van der Waals surface area contributed by atoms with E-state index in [-0.39, 0.29) is 11.5 Å². The Morgan fingerprint density at radius 3 is 2.59 bits per heavy atom. The maximum atomic E-state index is 12.5. The first-order chi connectivity index (χ1) is 14.2. The van der Waals surface area contributed by atoms with Crippen molar-refractivity contribution < 1.29 is 4.79 Å². The summed E-state index contributed by atoms with van der Waals surface area (Å²) in [4.78, 5) is 24.8. The molecular formula is C22H19N5O2. The van der Waals surface area contributed by atoms with Crippen LogP contribution in [0.4, 0.5) is 0 Å². The second-order valence-electron chi connectivity index (χ2n) is 7.07. The molecule has 7 nitrogen and oxygen atoms in total. The average molecular weight is 385 g/mol. The molecule has 144 valence electrons. The van der Waals surface area contributed by atoms with E-state index >= 15 is 0 Å². The van der Waals surface area contributed by atoms with Gasteiger partial charge in [-0.05, 0) is 31.0 Å². The van der Waals surface area contributed by atoms with Gasteiger partial charge in [-0.3, -0.25) is 9.59 Å². The summed E-state index contributed by atoms with van der Waals surface area (Å²) >= 11 is 0. The van der Waals surface area contributed by atoms with Crippen molar-refractivity contribution in [3.05, 3.63) is 77.2 Å². The summed E-state index contributed by atoms with van der Waals surface area (Å²) < 4.78 is 3.12. The minimum atomic E-state index is -0.585. The van der Waals surface area contributed by atoms with E-state index in [9.17, 15) is 9.59 Å². The molecule has 1 aliphatic rings. The highest BCUT2D eigenvalue weighted by Crippen LogP contribution is 2.33. The Morgan fingerprint density at radius 1 is 0.931 bits per heavy atom. The molecule has 1 unspecified atom stereocenters. The fourth-order valence-electron chi connectivity index (χ4n) is 3.82. The lowest BCUT2D eigenvalue weighted by molar-refractivity contribution is -0.126. The van der Waals surface area contributed by atoms with Crippen LogP contribution in [0, 0.1) is 0 Å². The zero-order valence-corrected chi connectivity index (χ0v) is 15.7. The number of hydrogen-bond acceptors (Lipinski definition) is 4. The Bertz CT molecular complexity index is 1260. The fraction of sp³-hybridized carbons (Fsp3) is 0.182. The first kappa shape index (κ1) is 17.4. The average Bonchev–Trinajstić information content (AvgIpc) is 3.15. The highest BCUT2D eigenvalue weighted by Gasteiger charge is 2.26. The van der Waals surface area contributed by atoms with Gasteiger partial charge in [0.05, 0.1) is 16.8 Å². The number of aromatic nitrogens is 4. The topological polar surface area (TPSA) is 81.3 Å². The molecule has 4 aromatic rings. The second kappa shape index (κ2) is 7.01. The number of fused-ring (bicyclic) bond motifs is 1. The normalized spacial score (nSPS) is 16.7. The van der Waals surface area contributed by atoms with Gasteiger partial charge < -0.3 is 5.32 Å². The minimum Gasteiger partial charge on any atom is -0.354 e. The number of carbonyl (C=O) groups is 1. The van der Waals surface area contributed by atoms with Crippen LogP contribution in [-0.2, 0) is 4.79 Å². The molecule has 29 heavy (non-hydrogen) atoms. The van der Waals surface area contributed by atoms with Crippen LogP contribution in [0.15, 0.2) is 71.7 Å². The number of piperidine rings is 1. The Morgan fingerprint density at radius 2 is 1.76 bits per heavy atom. The summed E-state index contributed by atoms with van der Waals surface area (Å²) in [6.45, 7) is 0.635. The molecule has 1 atom stereocenters. The highest BCUT2D eigenvalue weighted by atomic mass is 16.2. The quantitative estimate of drug-likeness (QED) is 0.588. The molecule has 1 saturated heterocycles. The molecule has 5 rings (SSSR count). The van der Waals surface area contributed by atoms with Gasteiger partial charge in [0, 0.05) is 24.4 Å². The van der Waals surface area contributed by atoms with Crippen LogP contribution in [0.5, 0.6) is 0 Å².